The predicted molar refractivity (Wildman–Crippen MR) is 111 cm³/mol. The van der Waals surface area contributed by atoms with Gasteiger partial charge >= 0.3 is 0 Å². The summed E-state index contributed by atoms with van der Waals surface area (Å²) in [5.41, 5.74) is 2.11. The van der Waals surface area contributed by atoms with E-state index < -0.39 is 0 Å². The Morgan fingerprint density at radius 1 is 1.22 bits per heavy atom. The number of carbonyl (C=O) groups is 1. The largest absolute Gasteiger partial charge is 0.495 e. The monoisotopic (exact) mass is 428 g/mol. The molecule has 2 N–H and O–H groups in total. The van der Waals surface area contributed by atoms with E-state index in [1.165, 1.54) is 7.11 Å². The molecule has 1 amide bonds. The molecule has 6 heteroatoms. The molecule has 0 radical (unpaired) electrons. The number of ether oxygens (including phenoxy) is 1. The number of hydrogen-bond acceptors (Lipinski definition) is 3. The SMILES string of the molecule is COc1cccc2c(=O)c(C)c(C(=O)N[C@@H](C)Cc3ccccc3Br)[nH]c12. The summed E-state index contributed by atoms with van der Waals surface area (Å²) in [5, 5.41) is 3.48. The van der Waals surface area contributed by atoms with E-state index in [0.717, 1.165) is 10.0 Å². The number of H-pyrrole nitrogens is 1. The number of hydrogen-bond donors (Lipinski definition) is 2. The average Bonchev–Trinajstić information content (AvgIpc) is 2.65. The van der Waals surface area contributed by atoms with Crippen LogP contribution in [0.5, 0.6) is 5.75 Å². The van der Waals surface area contributed by atoms with Crippen LogP contribution in [0.25, 0.3) is 10.9 Å². The Morgan fingerprint density at radius 3 is 2.67 bits per heavy atom. The zero-order valence-corrected chi connectivity index (χ0v) is 17.0. The summed E-state index contributed by atoms with van der Waals surface area (Å²) in [5.74, 6) is 0.219. The van der Waals surface area contributed by atoms with Crippen molar-refractivity contribution < 1.29 is 9.53 Å². The Kier molecular flexibility index (Phi) is 5.65. The second-order valence-electron chi connectivity index (χ2n) is 6.51. The molecule has 0 spiro atoms. The summed E-state index contributed by atoms with van der Waals surface area (Å²) >= 11 is 3.53. The molecule has 1 atom stereocenters. The van der Waals surface area contributed by atoms with Crippen molar-refractivity contribution in [2.75, 3.05) is 7.11 Å². The molecule has 0 saturated carbocycles. The summed E-state index contributed by atoms with van der Waals surface area (Å²) in [6, 6.07) is 13.0. The lowest BCUT2D eigenvalue weighted by Crippen LogP contribution is -2.36. The average molecular weight is 429 g/mol. The van der Waals surface area contributed by atoms with E-state index in [0.29, 0.717) is 28.6 Å². The molecular weight excluding hydrogens is 408 g/mol. The molecule has 0 saturated heterocycles. The predicted octanol–water partition coefficient (Wildman–Crippen LogP) is 3.97. The molecule has 27 heavy (non-hydrogen) atoms. The number of rotatable bonds is 5. The van der Waals surface area contributed by atoms with Crippen molar-refractivity contribution in [1.82, 2.24) is 10.3 Å². The number of benzene rings is 2. The number of amides is 1. The maximum atomic E-state index is 12.8. The second kappa shape index (κ2) is 7.96. The lowest BCUT2D eigenvalue weighted by molar-refractivity contribution is 0.0934. The minimum atomic E-state index is -0.308. The number of halogens is 1. The fraction of sp³-hybridized carbons (Fsp3) is 0.238. The van der Waals surface area contributed by atoms with Gasteiger partial charge in [-0.2, -0.15) is 0 Å². The highest BCUT2D eigenvalue weighted by atomic mass is 79.9. The third-order valence-corrected chi connectivity index (χ3v) is 5.32. The first kappa shape index (κ1) is 19.2. The maximum absolute atomic E-state index is 12.8. The van der Waals surface area contributed by atoms with Gasteiger partial charge in [-0.3, -0.25) is 9.59 Å². The molecule has 0 fully saturated rings. The minimum Gasteiger partial charge on any atom is -0.495 e. The molecule has 5 nitrogen and oxygen atoms in total. The topological polar surface area (TPSA) is 71.2 Å². The van der Waals surface area contributed by atoms with Crippen LogP contribution in [0.2, 0.25) is 0 Å². The van der Waals surface area contributed by atoms with Gasteiger partial charge in [0.15, 0.2) is 5.43 Å². The molecule has 0 bridgehead atoms. The van der Waals surface area contributed by atoms with Crippen LogP contribution in [0.15, 0.2) is 51.7 Å². The summed E-state index contributed by atoms with van der Waals surface area (Å²) < 4.78 is 6.33. The fourth-order valence-corrected chi connectivity index (χ4v) is 3.57. The molecule has 1 aromatic heterocycles. The molecule has 0 aliphatic rings. The number of nitrogens with one attached hydrogen (secondary N) is 2. The Balaban J connectivity index is 1.90. The lowest BCUT2D eigenvalue weighted by atomic mass is 10.1. The molecular formula is C21H21BrN2O3. The van der Waals surface area contributed by atoms with Gasteiger partial charge in [0.1, 0.15) is 11.4 Å². The summed E-state index contributed by atoms with van der Waals surface area (Å²) in [7, 11) is 1.53. The van der Waals surface area contributed by atoms with E-state index in [1.807, 2.05) is 31.2 Å². The van der Waals surface area contributed by atoms with Crippen LogP contribution in [0.1, 0.15) is 28.5 Å². The van der Waals surface area contributed by atoms with Crippen LogP contribution >= 0.6 is 15.9 Å². The first-order chi connectivity index (χ1) is 12.9. The van der Waals surface area contributed by atoms with Gasteiger partial charge in [0, 0.05) is 21.5 Å². The quantitative estimate of drug-likeness (QED) is 0.645. The van der Waals surface area contributed by atoms with Crippen LogP contribution in [0, 0.1) is 6.92 Å². The van der Waals surface area contributed by atoms with Gasteiger partial charge in [0.2, 0.25) is 0 Å². The van der Waals surface area contributed by atoms with Crippen LogP contribution < -0.4 is 15.5 Å². The van der Waals surface area contributed by atoms with Crippen molar-refractivity contribution in [2.45, 2.75) is 26.3 Å². The zero-order valence-electron chi connectivity index (χ0n) is 15.4. The number of aromatic amines is 1. The third kappa shape index (κ3) is 3.90. The van der Waals surface area contributed by atoms with Crippen molar-refractivity contribution in [1.29, 1.82) is 0 Å². The third-order valence-electron chi connectivity index (χ3n) is 4.54. The van der Waals surface area contributed by atoms with Gasteiger partial charge in [0.25, 0.3) is 5.91 Å². The first-order valence-electron chi connectivity index (χ1n) is 8.66. The van der Waals surface area contributed by atoms with E-state index in [1.54, 1.807) is 25.1 Å². The minimum absolute atomic E-state index is 0.104. The van der Waals surface area contributed by atoms with Gasteiger partial charge in [-0.1, -0.05) is 40.2 Å². The summed E-state index contributed by atoms with van der Waals surface area (Å²) in [6.45, 7) is 3.59. The number of aromatic nitrogens is 1. The summed E-state index contributed by atoms with van der Waals surface area (Å²) in [4.78, 5) is 28.6. The Hall–Kier alpha value is -2.60. The Labute approximate surface area is 165 Å². The molecule has 3 rings (SSSR count). The number of para-hydroxylation sites is 1. The van der Waals surface area contributed by atoms with E-state index in [-0.39, 0.29) is 23.1 Å². The number of pyridine rings is 1. The highest BCUT2D eigenvalue weighted by Crippen LogP contribution is 2.22. The van der Waals surface area contributed by atoms with Crippen molar-refractivity contribution >= 4 is 32.7 Å². The van der Waals surface area contributed by atoms with Crippen LogP contribution in [-0.2, 0) is 6.42 Å². The smallest absolute Gasteiger partial charge is 0.268 e. The molecule has 2 aromatic carbocycles. The lowest BCUT2D eigenvalue weighted by Gasteiger charge is -2.16. The van der Waals surface area contributed by atoms with Crippen LogP contribution in [0.3, 0.4) is 0 Å². The maximum Gasteiger partial charge on any atom is 0.268 e. The molecule has 0 unspecified atom stereocenters. The number of methoxy groups -OCH3 is 1. The van der Waals surface area contributed by atoms with Gasteiger partial charge in [-0.15, -0.1) is 0 Å². The molecule has 140 valence electrons. The Morgan fingerprint density at radius 2 is 1.96 bits per heavy atom. The van der Waals surface area contributed by atoms with E-state index in [9.17, 15) is 9.59 Å². The van der Waals surface area contributed by atoms with E-state index in [2.05, 4.69) is 26.2 Å². The van der Waals surface area contributed by atoms with Crippen LogP contribution in [-0.4, -0.2) is 24.0 Å². The molecule has 3 aromatic rings. The summed E-state index contributed by atoms with van der Waals surface area (Å²) in [6.07, 6.45) is 0.674. The van der Waals surface area contributed by atoms with Crippen molar-refractivity contribution in [3.05, 3.63) is 74.0 Å². The molecule has 0 aliphatic heterocycles. The highest BCUT2D eigenvalue weighted by Gasteiger charge is 2.18. The first-order valence-corrected chi connectivity index (χ1v) is 9.45. The van der Waals surface area contributed by atoms with Crippen molar-refractivity contribution in [2.24, 2.45) is 0 Å². The van der Waals surface area contributed by atoms with Crippen molar-refractivity contribution in [3.63, 3.8) is 0 Å². The van der Waals surface area contributed by atoms with Crippen molar-refractivity contribution in [3.8, 4) is 5.75 Å². The van der Waals surface area contributed by atoms with Gasteiger partial charge in [0.05, 0.1) is 12.6 Å². The van der Waals surface area contributed by atoms with Gasteiger partial charge in [-0.05, 0) is 44.0 Å². The Bertz CT molecular complexity index is 1060. The standard InChI is InChI=1S/C21H21BrN2O3/c1-12(11-14-7-4-5-9-16(14)22)23-21(26)18-13(2)20(25)15-8-6-10-17(27-3)19(15)24-18/h4-10,12H,11H2,1-3H3,(H,23,26)(H,24,25)/t12-/m0/s1. The normalized spacial score (nSPS) is 12.0. The highest BCUT2D eigenvalue weighted by molar-refractivity contribution is 9.10. The van der Waals surface area contributed by atoms with E-state index >= 15 is 0 Å². The number of carbonyl (C=O) groups excluding carboxylic acids is 1. The molecule has 1 heterocycles. The van der Waals surface area contributed by atoms with Gasteiger partial charge in [-0.25, -0.2) is 0 Å². The fourth-order valence-electron chi connectivity index (χ4n) is 3.12. The second-order valence-corrected chi connectivity index (χ2v) is 7.36. The van der Waals surface area contributed by atoms with Gasteiger partial charge < -0.3 is 15.0 Å². The number of fused-ring (bicyclic) bond motifs is 1. The zero-order chi connectivity index (χ0) is 19.6. The van der Waals surface area contributed by atoms with E-state index in [4.69, 9.17) is 4.74 Å². The van der Waals surface area contributed by atoms with Crippen LogP contribution in [0.4, 0.5) is 0 Å². The molecule has 0 aliphatic carbocycles.